The van der Waals surface area contributed by atoms with E-state index in [1.807, 2.05) is 6.07 Å². The van der Waals surface area contributed by atoms with Crippen LogP contribution in [0.4, 0.5) is 0 Å². The molecular formula is C31H30O2. The molecule has 0 bridgehead atoms. The van der Waals surface area contributed by atoms with E-state index in [1.165, 1.54) is 38.9 Å². The lowest BCUT2D eigenvalue weighted by Crippen LogP contribution is -2.18. The molecule has 2 heteroatoms. The molecule has 0 aromatic heterocycles. The Morgan fingerprint density at radius 2 is 1.15 bits per heavy atom. The Hall–Kier alpha value is -3.20. The van der Waals surface area contributed by atoms with Crippen molar-refractivity contribution in [1.82, 2.24) is 0 Å². The minimum absolute atomic E-state index is 0.121. The summed E-state index contributed by atoms with van der Waals surface area (Å²) < 4.78 is 12.0. The van der Waals surface area contributed by atoms with Gasteiger partial charge in [0.15, 0.2) is 0 Å². The fraction of sp³-hybridized carbons (Fsp3) is 0.226. The van der Waals surface area contributed by atoms with Crippen LogP contribution in [0.1, 0.15) is 49.7 Å². The zero-order chi connectivity index (χ0) is 22.8. The molecule has 4 aromatic carbocycles. The van der Waals surface area contributed by atoms with Gasteiger partial charge in [-0.1, -0.05) is 103 Å². The Morgan fingerprint density at radius 1 is 0.606 bits per heavy atom. The Labute approximate surface area is 196 Å². The quantitative estimate of drug-likeness (QED) is 0.286. The molecule has 2 atom stereocenters. The van der Waals surface area contributed by atoms with Crippen molar-refractivity contribution in [1.29, 1.82) is 0 Å². The second-order valence-corrected chi connectivity index (χ2v) is 9.69. The van der Waals surface area contributed by atoms with Gasteiger partial charge in [-0.2, -0.15) is 0 Å². The molecule has 0 radical (unpaired) electrons. The minimum atomic E-state index is -0.141. The molecule has 1 saturated heterocycles. The molecule has 2 unspecified atom stereocenters. The number of ether oxygens (including phenoxy) is 2. The van der Waals surface area contributed by atoms with Crippen LogP contribution in [0.3, 0.4) is 0 Å². The normalized spacial score (nSPS) is 17.7. The number of epoxide rings is 1. The predicted octanol–water partition coefficient (Wildman–Crippen LogP) is 8.15. The maximum absolute atomic E-state index is 6.06. The van der Waals surface area contributed by atoms with E-state index in [2.05, 4.69) is 118 Å². The van der Waals surface area contributed by atoms with Gasteiger partial charge < -0.3 is 9.47 Å². The lowest BCUT2D eigenvalue weighted by Gasteiger charge is -2.19. The summed E-state index contributed by atoms with van der Waals surface area (Å²) in [6.07, 6.45) is 0.244. The van der Waals surface area contributed by atoms with E-state index in [1.54, 1.807) is 0 Å². The van der Waals surface area contributed by atoms with Crippen LogP contribution in [0.15, 0.2) is 103 Å². The van der Waals surface area contributed by atoms with E-state index >= 15 is 0 Å². The van der Waals surface area contributed by atoms with Crippen LogP contribution in [0.25, 0.3) is 22.3 Å². The standard InChI is InChI=1S/C31H30O2/c1-31(2,3)32-21-22-8-7-11-28(20-22)30-29(33-30)27-18-16-26(17-19-27)25-14-12-24(13-15-25)23-9-5-4-6-10-23/h4-20,29-30H,21H2,1-3H3. The Kier molecular flexibility index (Phi) is 5.88. The van der Waals surface area contributed by atoms with Crippen LogP contribution >= 0.6 is 0 Å². The highest BCUT2D eigenvalue weighted by Gasteiger charge is 2.41. The zero-order valence-electron chi connectivity index (χ0n) is 19.5. The van der Waals surface area contributed by atoms with Crippen molar-refractivity contribution in [3.8, 4) is 22.3 Å². The zero-order valence-corrected chi connectivity index (χ0v) is 19.5. The molecule has 166 valence electrons. The maximum Gasteiger partial charge on any atom is 0.114 e. The van der Waals surface area contributed by atoms with E-state index in [0.29, 0.717) is 6.61 Å². The Bertz CT molecular complexity index is 1200. The van der Waals surface area contributed by atoms with Crippen molar-refractivity contribution >= 4 is 0 Å². The average molecular weight is 435 g/mol. The molecule has 0 aliphatic carbocycles. The molecule has 1 aliphatic rings. The second-order valence-electron chi connectivity index (χ2n) is 9.69. The largest absolute Gasteiger partial charge is 0.371 e. The van der Waals surface area contributed by atoms with E-state index in [9.17, 15) is 0 Å². The summed E-state index contributed by atoms with van der Waals surface area (Å²) in [6.45, 7) is 6.86. The summed E-state index contributed by atoms with van der Waals surface area (Å²) in [5.74, 6) is 0. The highest BCUT2D eigenvalue weighted by atomic mass is 16.6. The lowest BCUT2D eigenvalue weighted by molar-refractivity contribution is -0.0149. The van der Waals surface area contributed by atoms with Crippen LogP contribution in [0.2, 0.25) is 0 Å². The van der Waals surface area contributed by atoms with Gasteiger partial charge in [0, 0.05) is 0 Å². The summed E-state index contributed by atoms with van der Waals surface area (Å²) >= 11 is 0. The third-order valence-electron chi connectivity index (χ3n) is 6.01. The fourth-order valence-corrected chi connectivity index (χ4v) is 4.13. The molecule has 0 spiro atoms. The lowest BCUT2D eigenvalue weighted by atomic mass is 9.98. The van der Waals surface area contributed by atoms with Crippen molar-refractivity contribution < 1.29 is 9.47 Å². The molecule has 2 nitrogen and oxygen atoms in total. The molecular weight excluding hydrogens is 404 g/mol. The summed E-state index contributed by atoms with van der Waals surface area (Å²) in [4.78, 5) is 0. The molecule has 0 N–H and O–H groups in total. The number of rotatable bonds is 6. The van der Waals surface area contributed by atoms with Crippen molar-refractivity contribution in [2.24, 2.45) is 0 Å². The predicted molar refractivity (Wildman–Crippen MR) is 135 cm³/mol. The van der Waals surface area contributed by atoms with E-state index in [4.69, 9.17) is 9.47 Å². The van der Waals surface area contributed by atoms with Gasteiger partial charge in [0.05, 0.1) is 12.2 Å². The van der Waals surface area contributed by atoms with Crippen molar-refractivity contribution in [2.75, 3.05) is 0 Å². The second kappa shape index (κ2) is 8.97. The van der Waals surface area contributed by atoms with Crippen LogP contribution in [0.5, 0.6) is 0 Å². The highest BCUT2D eigenvalue weighted by molar-refractivity contribution is 5.70. The first-order chi connectivity index (χ1) is 16.0. The maximum atomic E-state index is 6.06. The minimum Gasteiger partial charge on any atom is -0.371 e. The van der Waals surface area contributed by atoms with E-state index < -0.39 is 0 Å². The summed E-state index contributed by atoms with van der Waals surface area (Å²) in [6, 6.07) is 36.6. The first-order valence-corrected chi connectivity index (χ1v) is 11.6. The molecule has 33 heavy (non-hydrogen) atoms. The van der Waals surface area contributed by atoms with Crippen LogP contribution in [0, 0.1) is 0 Å². The fourth-order valence-electron chi connectivity index (χ4n) is 4.13. The average Bonchev–Trinajstić information content (AvgIpc) is 3.65. The molecule has 0 saturated carbocycles. The van der Waals surface area contributed by atoms with Crippen molar-refractivity contribution in [3.63, 3.8) is 0 Å². The Morgan fingerprint density at radius 3 is 1.76 bits per heavy atom. The monoisotopic (exact) mass is 434 g/mol. The van der Waals surface area contributed by atoms with Crippen molar-refractivity contribution in [2.45, 2.75) is 45.2 Å². The number of hydrogen-bond donors (Lipinski definition) is 0. The first-order valence-electron chi connectivity index (χ1n) is 11.6. The van der Waals surface area contributed by atoms with Gasteiger partial charge in [-0.05, 0) is 59.7 Å². The van der Waals surface area contributed by atoms with Gasteiger partial charge in [0.2, 0.25) is 0 Å². The van der Waals surface area contributed by atoms with E-state index in [0.717, 1.165) is 0 Å². The topological polar surface area (TPSA) is 21.8 Å². The smallest absolute Gasteiger partial charge is 0.114 e. The molecule has 1 aliphatic heterocycles. The van der Waals surface area contributed by atoms with Gasteiger partial charge >= 0.3 is 0 Å². The number of benzene rings is 4. The molecule has 5 rings (SSSR count). The van der Waals surface area contributed by atoms with Crippen LogP contribution in [-0.2, 0) is 16.1 Å². The van der Waals surface area contributed by atoms with Gasteiger partial charge in [-0.3, -0.25) is 0 Å². The molecule has 4 aromatic rings. The first kappa shape index (κ1) is 21.6. The molecule has 0 amide bonds. The summed E-state index contributed by atoms with van der Waals surface area (Å²) in [5, 5.41) is 0. The third kappa shape index (κ3) is 5.24. The van der Waals surface area contributed by atoms with Crippen LogP contribution in [-0.4, -0.2) is 5.60 Å². The van der Waals surface area contributed by atoms with E-state index in [-0.39, 0.29) is 17.8 Å². The summed E-state index contributed by atoms with van der Waals surface area (Å²) in [5.41, 5.74) is 8.41. The molecule has 1 fully saturated rings. The van der Waals surface area contributed by atoms with Crippen molar-refractivity contribution in [3.05, 3.63) is 120 Å². The highest BCUT2D eigenvalue weighted by Crippen LogP contribution is 2.51. The SMILES string of the molecule is CC(C)(C)OCc1cccc(C2OC2c2ccc(-c3ccc(-c4ccccc4)cc3)cc2)c1. The number of hydrogen-bond acceptors (Lipinski definition) is 2. The van der Waals surface area contributed by atoms with Gasteiger partial charge in [0.1, 0.15) is 12.2 Å². The third-order valence-corrected chi connectivity index (χ3v) is 6.01. The Balaban J connectivity index is 1.25. The summed E-state index contributed by atoms with van der Waals surface area (Å²) in [7, 11) is 0. The van der Waals surface area contributed by atoms with Crippen LogP contribution < -0.4 is 0 Å². The van der Waals surface area contributed by atoms with Gasteiger partial charge in [-0.25, -0.2) is 0 Å². The van der Waals surface area contributed by atoms with Gasteiger partial charge in [0.25, 0.3) is 0 Å². The molecule has 1 heterocycles. The van der Waals surface area contributed by atoms with Gasteiger partial charge in [-0.15, -0.1) is 0 Å².